The van der Waals surface area contributed by atoms with Crippen LogP contribution in [0.4, 0.5) is 5.69 Å². The van der Waals surface area contributed by atoms with Gasteiger partial charge >= 0.3 is 5.97 Å². The van der Waals surface area contributed by atoms with Gasteiger partial charge in [-0.3, -0.25) is 14.5 Å². The molecule has 2 aromatic rings. The zero-order valence-electron chi connectivity index (χ0n) is 16.6. The number of rotatable bonds is 7. The number of esters is 1. The average molecular weight is 475 g/mol. The fourth-order valence-corrected chi connectivity index (χ4v) is 4.27. The summed E-state index contributed by atoms with van der Waals surface area (Å²) >= 11 is 12.4. The molecule has 0 atom stereocenters. The molecule has 1 heterocycles. The molecule has 2 amide bonds. The number of nitrogens with zero attached hydrogens (tertiary/aromatic N) is 1. The summed E-state index contributed by atoms with van der Waals surface area (Å²) in [6.45, 7) is 0.358. The van der Waals surface area contributed by atoms with Crippen molar-refractivity contribution in [3.63, 3.8) is 0 Å². The van der Waals surface area contributed by atoms with Crippen LogP contribution in [0.25, 0.3) is 6.08 Å². The van der Waals surface area contributed by atoms with Gasteiger partial charge in [0, 0.05) is 23.7 Å². The summed E-state index contributed by atoms with van der Waals surface area (Å²) in [6, 6.07) is 13.6. The molecule has 1 saturated heterocycles. The first-order valence-corrected chi connectivity index (χ1v) is 11.0. The predicted molar refractivity (Wildman–Crippen MR) is 127 cm³/mol. The summed E-state index contributed by atoms with van der Waals surface area (Å²) < 4.78 is 5.14. The standard InChI is InChI=1S/C22H19ClN2O4S2/c1-29-21(28)15-6-4-14(5-7-15)13-18-20(27)25(22(30)31-18)12-2-3-19(26)24-17-10-8-16(23)9-11-17/h4-11,13H,2-3,12H2,1H3,(H,24,26)/b18-13-. The van der Waals surface area contributed by atoms with Gasteiger partial charge in [-0.2, -0.15) is 0 Å². The van der Waals surface area contributed by atoms with Crippen molar-refractivity contribution in [2.75, 3.05) is 19.0 Å². The van der Waals surface area contributed by atoms with Gasteiger partial charge in [-0.1, -0.05) is 47.7 Å². The van der Waals surface area contributed by atoms with Crippen molar-refractivity contribution in [3.05, 3.63) is 69.6 Å². The molecule has 2 aromatic carbocycles. The molecule has 1 fully saturated rings. The molecule has 0 spiro atoms. The number of nitrogens with one attached hydrogen (secondary N) is 1. The number of anilines is 1. The van der Waals surface area contributed by atoms with Gasteiger partial charge in [0.25, 0.3) is 5.91 Å². The monoisotopic (exact) mass is 474 g/mol. The Morgan fingerprint density at radius 2 is 1.84 bits per heavy atom. The molecule has 0 bridgehead atoms. The second kappa shape index (κ2) is 10.6. The topological polar surface area (TPSA) is 75.7 Å². The summed E-state index contributed by atoms with van der Waals surface area (Å²) in [6.07, 6.45) is 2.47. The van der Waals surface area contributed by atoms with Crippen molar-refractivity contribution < 1.29 is 19.1 Å². The Morgan fingerprint density at radius 1 is 1.16 bits per heavy atom. The van der Waals surface area contributed by atoms with E-state index in [0.717, 1.165) is 5.56 Å². The lowest BCUT2D eigenvalue weighted by Crippen LogP contribution is -2.29. The first-order chi connectivity index (χ1) is 14.9. The Labute approximate surface area is 194 Å². The zero-order chi connectivity index (χ0) is 22.4. The lowest BCUT2D eigenvalue weighted by Gasteiger charge is -2.14. The van der Waals surface area contributed by atoms with Gasteiger partial charge in [0.2, 0.25) is 5.91 Å². The van der Waals surface area contributed by atoms with E-state index in [4.69, 9.17) is 23.8 Å². The Bertz CT molecular complexity index is 1040. The van der Waals surface area contributed by atoms with Crippen molar-refractivity contribution in [3.8, 4) is 0 Å². The molecular weight excluding hydrogens is 456 g/mol. The lowest BCUT2D eigenvalue weighted by atomic mass is 10.1. The number of thioether (sulfide) groups is 1. The van der Waals surface area contributed by atoms with Gasteiger partial charge in [-0.05, 0) is 54.5 Å². The number of carbonyl (C=O) groups is 3. The average Bonchev–Trinajstić information content (AvgIpc) is 3.02. The molecule has 9 heteroatoms. The van der Waals surface area contributed by atoms with Gasteiger partial charge in [0.15, 0.2) is 0 Å². The Balaban J connectivity index is 1.53. The molecule has 0 aliphatic carbocycles. The third kappa shape index (κ3) is 6.16. The molecule has 1 aliphatic heterocycles. The van der Waals surface area contributed by atoms with Crippen molar-refractivity contribution in [2.45, 2.75) is 12.8 Å². The molecule has 3 rings (SSSR count). The highest BCUT2D eigenvalue weighted by Gasteiger charge is 2.31. The Hall–Kier alpha value is -2.68. The van der Waals surface area contributed by atoms with Crippen LogP contribution in [0.3, 0.4) is 0 Å². The summed E-state index contributed by atoms with van der Waals surface area (Å²) in [5.74, 6) is -0.753. The van der Waals surface area contributed by atoms with E-state index in [1.165, 1.54) is 23.8 Å². The number of benzene rings is 2. The Kier molecular flexibility index (Phi) is 7.84. The minimum Gasteiger partial charge on any atom is -0.465 e. The van der Waals surface area contributed by atoms with Crippen molar-refractivity contribution in [1.82, 2.24) is 4.90 Å². The van der Waals surface area contributed by atoms with E-state index in [-0.39, 0.29) is 18.2 Å². The van der Waals surface area contributed by atoms with Crippen LogP contribution < -0.4 is 5.32 Å². The molecule has 6 nitrogen and oxygen atoms in total. The molecule has 0 aromatic heterocycles. The van der Waals surface area contributed by atoms with Crippen LogP contribution in [0.1, 0.15) is 28.8 Å². The number of ether oxygens (including phenoxy) is 1. The maximum atomic E-state index is 12.7. The summed E-state index contributed by atoms with van der Waals surface area (Å²) in [4.78, 5) is 38.3. The molecule has 1 aliphatic rings. The maximum absolute atomic E-state index is 12.7. The number of halogens is 1. The first-order valence-electron chi connectivity index (χ1n) is 9.36. The van der Waals surface area contributed by atoms with Gasteiger partial charge < -0.3 is 10.1 Å². The van der Waals surface area contributed by atoms with E-state index >= 15 is 0 Å². The van der Waals surface area contributed by atoms with Crippen LogP contribution in [0.15, 0.2) is 53.4 Å². The highest BCUT2D eigenvalue weighted by atomic mass is 35.5. The number of carbonyl (C=O) groups excluding carboxylic acids is 3. The Morgan fingerprint density at radius 3 is 2.48 bits per heavy atom. The molecular formula is C22H19ClN2O4S2. The van der Waals surface area contributed by atoms with Gasteiger partial charge in [0.05, 0.1) is 17.6 Å². The zero-order valence-corrected chi connectivity index (χ0v) is 19.0. The molecule has 0 radical (unpaired) electrons. The van der Waals surface area contributed by atoms with Crippen molar-refractivity contribution in [2.24, 2.45) is 0 Å². The van der Waals surface area contributed by atoms with Crippen LogP contribution in [-0.4, -0.2) is 40.7 Å². The molecule has 31 heavy (non-hydrogen) atoms. The molecule has 160 valence electrons. The number of hydrogen-bond acceptors (Lipinski definition) is 6. The van der Waals surface area contributed by atoms with Crippen LogP contribution in [0.2, 0.25) is 5.02 Å². The van der Waals surface area contributed by atoms with E-state index in [1.54, 1.807) is 54.6 Å². The third-order valence-corrected chi connectivity index (χ3v) is 6.05. The highest BCUT2D eigenvalue weighted by molar-refractivity contribution is 8.26. The van der Waals surface area contributed by atoms with Gasteiger partial charge in [-0.15, -0.1) is 0 Å². The fraction of sp³-hybridized carbons (Fsp3) is 0.182. The van der Waals surface area contributed by atoms with E-state index in [0.29, 0.717) is 38.5 Å². The molecule has 0 unspecified atom stereocenters. The minimum absolute atomic E-state index is 0.144. The number of hydrogen-bond donors (Lipinski definition) is 1. The number of methoxy groups -OCH3 is 1. The largest absolute Gasteiger partial charge is 0.465 e. The van der Waals surface area contributed by atoms with E-state index in [1.807, 2.05) is 0 Å². The third-order valence-electron chi connectivity index (χ3n) is 4.42. The second-order valence-corrected chi connectivity index (χ2v) is 8.72. The number of amides is 2. The smallest absolute Gasteiger partial charge is 0.337 e. The second-order valence-electron chi connectivity index (χ2n) is 6.61. The number of thiocarbonyl (C=S) groups is 1. The van der Waals surface area contributed by atoms with Crippen LogP contribution in [0.5, 0.6) is 0 Å². The summed E-state index contributed by atoms with van der Waals surface area (Å²) in [5, 5.41) is 3.39. The lowest BCUT2D eigenvalue weighted by molar-refractivity contribution is -0.122. The van der Waals surface area contributed by atoms with Gasteiger partial charge in [-0.25, -0.2) is 4.79 Å². The van der Waals surface area contributed by atoms with E-state index < -0.39 is 5.97 Å². The quantitative estimate of drug-likeness (QED) is 0.354. The van der Waals surface area contributed by atoms with Crippen LogP contribution in [-0.2, 0) is 14.3 Å². The summed E-state index contributed by atoms with van der Waals surface area (Å²) in [5.41, 5.74) is 1.88. The van der Waals surface area contributed by atoms with Crippen molar-refractivity contribution in [1.29, 1.82) is 0 Å². The normalized spacial score (nSPS) is 14.8. The molecule has 1 N–H and O–H groups in total. The minimum atomic E-state index is -0.419. The first kappa shape index (κ1) is 23.0. The fourth-order valence-electron chi connectivity index (χ4n) is 2.83. The van der Waals surface area contributed by atoms with Crippen LogP contribution >= 0.6 is 35.6 Å². The van der Waals surface area contributed by atoms with Crippen LogP contribution in [0, 0.1) is 0 Å². The summed E-state index contributed by atoms with van der Waals surface area (Å²) in [7, 11) is 1.32. The SMILES string of the molecule is COC(=O)c1ccc(/C=C2\SC(=S)N(CCCC(=O)Nc3ccc(Cl)cc3)C2=O)cc1. The maximum Gasteiger partial charge on any atom is 0.337 e. The van der Waals surface area contributed by atoms with Crippen molar-refractivity contribution >= 4 is 69.4 Å². The van der Waals surface area contributed by atoms with E-state index in [2.05, 4.69) is 10.1 Å². The highest BCUT2D eigenvalue weighted by Crippen LogP contribution is 2.32. The predicted octanol–water partition coefficient (Wildman–Crippen LogP) is 4.75. The van der Waals surface area contributed by atoms with Gasteiger partial charge in [0.1, 0.15) is 4.32 Å². The van der Waals surface area contributed by atoms with E-state index in [9.17, 15) is 14.4 Å². The molecule has 0 saturated carbocycles.